The monoisotopic (exact) mass is 634 g/mol. The average molecular weight is 635 g/mol. The van der Waals surface area contributed by atoms with E-state index in [-0.39, 0.29) is 0 Å². The summed E-state index contributed by atoms with van der Waals surface area (Å²) in [5.41, 5.74) is 10.6. The Balaban J connectivity index is 1.39. The molecule has 0 aliphatic carbocycles. The molecule has 0 fully saturated rings. The van der Waals surface area contributed by atoms with Gasteiger partial charge in [-0.2, -0.15) is 0 Å². The van der Waals surface area contributed by atoms with E-state index in [0.29, 0.717) is 11.6 Å². The van der Waals surface area contributed by atoms with Gasteiger partial charge >= 0.3 is 0 Å². The molecule has 0 amide bonds. The van der Waals surface area contributed by atoms with Crippen molar-refractivity contribution in [2.75, 3.05) is 0 Å². The van der Waals surface area contributed by atoms with Crippen molar-refractivity contribution in [2.24, 2.45) is 0 Å². The summed E-state index contributed by atoms with van der Waals surface area (Å²) < 4.78 is 6.33. The molecular formula is C44H34N4O. The molecule has 0 N–H and O–H groups in total. The van der Waals surface area contributed by atoms with Crippen molar-refractivity contribution in [3.63, 3.8) is 0 Å². The molecule has 5 nitrogen and oxygen atoms in total. The maximum Gasteiger partial charge on any atom is 0.160 e. The van der Waals surface area contributed by atoms with Crippen LogP contribution in [0.3, 0.4) is 0 Å². The van der Waals surface area contributed by atoms with Crippen molar-refractivity contribution >= 4 is 33.1 Å². The van der Waals surface area contributed by atoms with Gasteiger partial charge in [-0.25, -0.2) is 19.9 Å². The van der Waals surface area contributed by atoms with E-state index in [9.17, 15) is 0 Å². The Kier molecular flexibility index (Phi) is 8.72. The van der Waals surface area contributed by atoms with Gasteiger partial charge in [-0.3, -0.25) is 0 Å². The molecule has 7 aromatic rings. The van der Waals surface area contributed by atoms with Gasteiger partial charge in [0.25, 0.3) is 0 Å². The summed E-state index contributed by atoms with van der Waals surface area (Å²) in [4.78, 5) is 19.9. The van der Waals surface area contributed by atoms with E-state index in [0.717, 1.165) is 78.1 Å². The number of benzene rings is 4. The summed E-state index contributed by atoms with van der Waals surface area (Å²) in [5, 5.41) is 1.98. The molecule has 0 saturated heterocycles. The predicted octanol–water partition coefficient (Wildman–Crippen LogP) is 11.6. The highest BCUT2D eigenvalue weighted by Crippen LogP contribution is 2.36. The van der Waals surface area contributed by atoms with Gasteiger partial charge in [-0.05, 0) is 62.4 Å². The van der Waals surface area contributed by atoms with E-state index in [2.05, 4.69) is 61.7 Å². The highest BCUT2D eigenvalue weighted by Gasteiger charge is 2.16. The lowest BCUT2D eigenvalue weighted by Crippen LogP contribution is -1.98. The van der Waals surface area contributed by atoms with E-state index < -0.39 is 0 Å². The van der Waals surface area contributed by atoms with E-state index in [1.165, 1.54) is 0 Å². The maximum atomic E-state index is 6.33. The van der Waals surface area contributed by atoms with Crippen LogP contribution in [0.2, 0.25) is 0 Å². The van der Waals surface area contributed by atoms with Gasteiger partial charge in [0.05, 0.1) is 22.8 Å². The first kappa shape index (κ1) is 31.2. The van der Waals surface area contributed by atoms with Crippen molar-refractivity contribution in [2.45, 2.75) is 13.8 Å². The second kappa shape index (κ2) is 13.7. The Morgan fingerprint density at radius 3 is 1.45 bits per heavy atom. The zero-order valence-corrected chi connectivity index (χ0v) is 27.5. The number of furan rings is 1. The minimum atomic E-state index is 0.581. The van der Waals surface area contributed by atoms with Gasteiger partial charge in [-0.1, -0.05) is 110 Å². The molecule has 0 spiro atoms. The average Bonchev–Trinajstić information content (AvgIpc) is 3.53. The highest BCUT2D eigenvalue weighted by atomic mass is 16.3. The molecule has 3 aromatic heterocycles. The summed E-state index contributed by atoms with van der Waals surface area (Å²) in [5.74, 6) is 1.26. The predicted molar refractivity (Wildman–Crippen MR) is 203 cm³/mol. The van der Waals surface area contributed by atoms with Crippen LogP contribution in [0.25, 0.3) is 78.1 Å². The van der Waals surface area contributed by atoms with Crippen LogP contribution in [0.4, 0.5) is 0 Å². The lowest BCUT2D eigenvalue weighted by atomic mass is 10.0. The molecule has 236 valence electrons. The standard InChI is InChI=1S/C44H34N4O/c1-5-15-29(7-3)43-45-37(31-17-11-9-12-18-31)27-39(47-43)33-21-23-41-35(25-33)36-26-34(22-24-42(36)49-41)40-28-38(32-19-13-10-14-20-32)46-44(48-40)30(8-4)16-6-2/h5-28H,1,3H2,2,4H3/b16-6-,29-15+,30-8+. The van der Waals surface area contributed by atoms with Crippen molar-refractivity contribution in [1.29, 1.82) is 0 Å². The fourth-order valence-corrected chi connectivity index (χ4v) is 5.90. The van der Waals surface area contributed by atoms with Crippen molar-refractivity contribution < 1.29 is 4.42 Å². The second-order valence-electron chi connectivity index (χ2n) is 11.5. The molecule has 0 aliphatic heterocycles. The van der Waals surface area contributed by atoms with Crippen LogP contribution >= 0.6 is 0 Å². The molecule has 7 rings (SSSR count). The molecule has 0 bridgehead atoms. The molecule has 4 aromatic carbocycles. The SMILES string of the molecule is C=C/C=C(\C=C)c1nc(-c2ccccc2)cc(-c2ccc3oc4ccc(-c5cc(-c6ccccc6)nc(C(/C=C\C)=C/C)n5)cc4c3c2)n1. The van der Waals surface area contributed by atoms with E-state index in [1.807, 2.05) is 98.8 Å². The quantitative estimate of drug-likeness (QED) is 0.148. The van der Waals surface area contributed by atoms with E-state index >= 15 is 0 Å². The summed E-state index contributed by atoms with van der Waals surface area (Å²) in [6.45, 7) is 11.9. The first-order valence-electron chi connectivity index (χ1n) is 16.2. The van der Waals surface area contributed by atoms with Crippen LogP contribution in [0.1, 0.15) is 25.5 Å². The third-order valence-electron chi connectivity index (χ3n) is 8.34. The van der Waals surface area contributed by atoms with Crippen molar-refractivity contribution in [3.8, 4) is 45.0 Å². The van der Waals surface area contributed by atoms with Crippen molar-refractivity contribution in [3.05, 3.63) is 170 Å². The number of aromatic nitrogens is 4. The van der Waals surface area contributed by atoms with Crippen LogP contribution in [0, 0.1) is 0 Å². The first-order chi connectivity index (χ1) is 24.1. The number of hydrogen-bond donors (Lipinski definition) is 0. The van der Waals surface area contributed by atoms with Crippen LogP contribution < -0.4 is 0 Å². The smallest absolute Gasteiger partial charge is 0.160 e. The molecule has 5 heteroatoms. The van der Waals surface area contributed by atoms with Gasteiger partial charge in [0.2, 0.25) is 0 Å². The van der Waals surface area contributed by atoms with Gasteiger partial charge in [0, 0.05) is 44.2 Å². The number of hydrogen-bond acceptors (Lipinski definition) is 5. The molecule has 3 heterocycles. The lowest BCUT2D eigenvalue weighted by molar-refractivity contribution is 0.669. The number of allylic oxidation sites excluding steroid dienone is 8. The molecule has 0 unspecified atom stereocenters. The van der Waals surface area contributed by atoms with Crippen molar-refractivity contribution in [1.82, 2.24) is 19.9 Å². The minimum Gasteiger partial charge on any atom is -0.456 e. The number of nitrogens with zero attached hydrogens (tertiary/aromatic N) is 4. The van der Waals surface area contributed by atoms with Gasteiger partial charge in [0.15, 0.2) is 11.6 Å². The molecule has 49 heavy (non-hydrogen) atoms. The number of fused-ring (bicyclic) bond motifs is 3. The molecule has 0 saturated carbocycles. The fraction of sp³-hybridized carbons (Fsp3) is 0.0455. The molecule has 0 radical (unpaired) electrons. The minimum absolute atomic E-state index is 0.581. The maximum absolute atomic E-state index is 6.33. The Morgan fingerprint density at radius 2 is 1.02 bits per heavy atom. The second-order valence-corrected chi connectivity index (χ2v) is 11.5. The third kappa shape index (κ3) is 6.30. The van der Waals surface area contributed by atoms with E-state index in [4.69, 9.17) is 24.4 Å². The number of rotatable bonds is 9. The first-order valence-corrected chi connectivity index (χ1v) is 16.2. The molecule has 0 aliphatic rings. The van der Waals surface area contributed by atoms with Gasteiger partial charge in [0.1, 0.15) is 11.2 Å². The fourth-order valence-electron chi connectivity index (χ4n) is 5.90. The largest absolute Gasteiger partial charge is 0.456 e. The topological polar surface area (TPSA) is 64.7 Å². The lowest BCUT2D eigenvalue weighted by Gasteiger charge is -2.10. The van der Waals surface area contributed by atoms with Crippen LogP contribution in [0.5, 0.6) is 0 Å². The van der Waals surface area contributed by atoms with Gasteiger partial charge < -0.3 is 4.42 Å². The molecule has 0 atom stereocenters. The Morgan fingerprint density at radius 1 is 0.551 bits per heavy atom. The summed E-state index contributed by atoms with van der Waals surface area (Å²) in [6, 6.07) is 36.8. The van der Waals surface area contributed by atoms with Crippen LogP contribution in [-0.2, 0) is 0 Å². The Hall–Kier alpha value is -6.46. The van der Waals surface area contributed by atoms with Gasteiger partial charge in [-0.15, -0.1) is 0 Å². The highest BCUT2D eigenvalue weighted by molar-refractivity contribution is 6.07. The van der Waals surface area contributed by atoms with E-state index in [1.54, 1.807) is 12.2 Å². The summed E-state index contributed by atoms with van der Waals surface area (Å²) in [6.07, 6.45) is 11.4. The third-order valence-corrected chi connectivity index (χ3v) is 8.34. The van der Waals surface area contributed by atoms with Crippen LogP contribution in [0.15, 0.2) is 163 Å². The Labute approximate surface area is 286 Å². The molecular weight excluding hydrogens is 601 g/mol. The van der Waals surface area contributed by atoms with Crippen LogP contribution in [-0.4, -0.2) is 19.9 Å². The summed E-state index contributed by atoms with van der Waals surface area (Å²) >= 11 is 0. The zero-order chi connectivity index (χ0) is 33.7. The Bertz CT molecular complexity index is 2430. The zero-order valence-electron chi connectivity index (χ0n) is 27.5. The summed E-state index contributed by atoms with van der Waals surface area (Å²) in [7, 11) is 0. The normalized spacial score (nSPS) is 12.2.